The Bertz CT molecular complexity index is 332. The molecule has 1 aliphatic heterocycles. The van der Waals surface area contributed by atoms with E-state index in [2.05, 4.69) is 5.32 Å². The maximum Gasteiger partial charge on any atom is 0.289 e. The number of nitriles is 1. The van der Waals surface area contributed by atoms with Crippen molar-refractivity contribution in [2.75, 3.05) is 7.05 Å². The molecule has 0 fully saturated rings. The van der Waals surface area contributed by atoms with Crippen molar-refractivity contribution in [3.05, 3.63) is 11.6 Å². The molecule has 1 rings (SSSR count). The maximum absolute atomic E-state index is 12.8. The maximum atomic E-state index is 12.8. The summed E-state index contributed by atoms with van der Waals surface area (Å²) in [6.07, 6.45) is 0. The standard InChI is InChI=1S/C6H8FN5O/c1-12-5(13)3(7)4(9)11-6(12,10)2-8/h11H,9-10H2,1H3. The number of nitrogens with two attached hydrogens (primary N) is 2. The van der Waals surface area contributed by atoms with Gasteiger partial charge in [-0.25, -0.2) is 0 Å². The molecule has 13 heavy (non-hydrogen) atoms. The fraction of sp³-hybridized carbons (Fsp3) is 0.333. The van der Waals surface area contributed by atoms with E-state index in [1.807, 2.05) is 0 Å². The van der Waals surface area contributed by atoms with Crippen molar-refractivity contribution in [3.8, 4) is 6.07 Å². The highest BCUT2D eigenvalue weighted by atomic mass is 19.1. The highest BCUT2D eigenvalue weighted by molar-refractivity contribution is 5.93. The Morgan fingerprint density at radius 2 is 2.31 bits per heavy atom. The number of nitrogens with one attached hydrogen (secondary N) is 1. The van der Waals surface area contributed by atoms with Crippen LogP contribution in [0.2, 0.25) is 0 Å². The Morgan fingerprint density at radius 1 is 1.77 bits per heavy atom. The molecule has 0 radical (unpaired) electrons. The number of carbonyl (C=O) groups is 1. The summed E-state index contributed by atoms with van der Waals surface area (Å²) in [5.74, 6) is -4.46. The van der Waals surface area contributed by atoms with Gasteiger partial charge in [0, 0.05) is 7.05 Å². The van der Waals surface area contributed by atoms with Crippen LogP contribution in [-0.4, -0.2) is 23.6 Å². The molecular formula is C6H8FN5O. The predicted molar refractivity (Wildman–Crippen MR) is 40.8 cm³/mol. The van der Waals surface area contributed by atoms with Crippen LogP contribution < -0.4 is 16.8 Å². The Hall–Kier alpha value is -1.81. The van der Waals surface area contributed by atoms with Crippen molar-refractivity contribution in [1.82, 2.24) is 10.2 Å². The van der Waals surface area contributed by atoms with Crippen molar-refractivity contribution >= 4 is 5.91 Å². The molecule has 0 aromatic rings. The van der Waals surface area contributed by atoms with Gasteiger partial charge in [-0.2, -0.15) is 9.65 Å². The van der Waals surface area contributed by atoms with Crippen LogP contribution in [-0.2, 0) is 4.79 Å². The summed E-state index contributed by atoms with van der Waals surface area (Å²) < 4.78 is 12.8. The second kappa shape index (κ2) is 2.60. The smallest absolute Gasteiger partial charge is 0.289 e. The molecule has 0 aromatic heterocycles. The zero-order chi connectivity index (χ0) is 10.2. The first-order valence-electron chi connectivity index (χ1n) is 3.34. The van der Waals surface area contributed by atoms with Gasteiger partial charge in [0.25, 0.3) is 11.7 Å². The molecule has 0 aliphatic carbocycles. The number of hydrogen-bond donors (Lipinski definition) is 3. The van der Waals surface area contributed by atoms with Gasteiger partial charge in [0.1, 0.15) is 11.9 Å². The molecule has 0 saturated heterocycles. The van der Waals surface area contributed by atoms with Crippen molar-refractivity contribution in [1.29, 1.82) is 5.26 Å². The van der Waals surface area contributed by atoms with E-state index in [1.165, 1.54) is 7.05 Å². The molecule has 6 nitrogen and oxygen atoms in total. The molecule has 70 valence electrons. The van der Waals surface area contributed by atoms with Gasteiger partial charge < -0.3 is 11.1 Å². The number of rotatable bonds is 0. The third-order valence-corrected chi connectivity index (χ3v) is 1.75. The monoisotopic (exact) mass is 185 g/mol. The van der Waals surface area contributed by atoms with Crippen LogP contribution in [0.25, 0.3) is 0 Å². The minimum atomic E-state index is -1.78. The van der Waals surface area contributed by atoms with Crippen LogP contribution in [0.4, 0.5) is 4.39 Å². The quantitative estimate of drug-likeness (QED) is 0.416. The van der Waals surface area contributed by atoms with Crippen LogP contribution >= 0.6 is 0 Å². The normalized spacial score (nSPS) is 28.5. The number of halogens is 1. The molecule has 1 unspecified atom stereocenters. The summed E-state index contributed by atoms with van der Waals surface area (Å²) in [5.41, 5.74) is 10.5. The second-order valence-electron chi connectivity index (χ2n) is 2.60. The van der Waals surface area contributed by atoms with Crippen LogP contribution in [0.5, 0.6) is 0 Å². The first-order valence-corrected chi connectivity index (χ1v) is 3.34. The average molecular weight is 185 g/mol. The predicted octanol–water partition coefficient (Wildman–Crippen LogP) is -1.72. The van der Waals surface area contributed by atoms with Crippen LogP contribution in [0.3, 0.4) is 0 Å². The molecule has 0 spiro atoms. The van der Waals surface area contributed by atoms with Crippen LogP contribution in [0, 0.1) is 11.3 Å². The van der Waals surface area contributed by atoms with E-state index in [0.717, 1.165) is 4.90 Å². The third-order valence-electron chi connectivity index (χ3n) is 1.75. The van der Waals surface area contributed by atoms with E-state index >= 15 is 0 Å². The van der Waals surface area contributed by atoms with Gasteiger partial charge in [-0.05, 0) is 0 Å². The molecule has 1 atom stereocenters. The average Bonchev–Trinajstić information content (AvgIpc) is 2.12. The van der Waals surface area contributed by atoms with Crippen molar-refractivity contribution in [2.24, 2.45) is 11.5 Å². The fourth-order valence-electron chi connectivity index (χ4n) is 0.870. The van der Waals surface area contributed by atoms with Gasteiger partial charge in [0.15, 0.2) is 0 Å². The molecule has 1 aliphatic rings. The van der Waals surface area contributed by atoms with Crippen molar-refractivity contribution in [2.45, 2.75) is 5.79 Å². The molecule has 0 aromatic carbocycles. The summed E-state index contributed by atoms with van der Waals surface area (Å²) in [6.45, 7) is 0. The highest BCUT2D eigenvalue weighted by Crippen LogP contribution is 2.16. The second-order valence-corrected chi connectivity index (χ2v) is 2.60. The topological polar surface area (TPSA) is 108 Å². The van der Waals surface area contributed by atoms with Gasteiger partial charge in [-0.3, -0.25) is 15.4 Å². The van der Waals surface area contributed by atoms with Crippen molar-refractivity contribution in [3.63, 3.8) is 0 Å². The SMILES string of the molecule is CN1C(=O)C(F)=C(N)NC1(N)C#N. The summed E-state index contributed by atoms with van der Waals surface area (Å²) in [4.78, 5) is 11.8. The van der Waals surface area contributed by atoms with Gasteiger partial charge in [0.2, 0.25) is 5.83 Å². The Labute approximate surface area is 73.6 Å². The molecule has 5 N–H and O–H groups in total. The fourth-order valence-corrected chi connectivity index (χ4v) is 0.870. The van der Waals surface area contributed by atoms with Crippen LogP contribution in [0.1, 0.15) is 0 Å². The zero-order valence-corrected chi connectivity index (χ0v) is 6.84. The lowest BCUT2D eigenvalue weighted by Gasteiger charge is -2.36. The Balaban J connectivity index is 3.17. The highest BCUT2D eigenvalue weighted by Gasteiger charge is 2.41. The van der Waals surface area contributed by atoms with Gasteiger partial charge in [-0.1, -0.05) is 0 Å². The number of carbonyl (C=O) groups excluding carboxylic acids is 1. The van der Waals surface area contributed by atoms with E-state index in [4.69, 9.17) is 16.7 Å². The molecule has 1 amide bonds. The first-order chi connectivity index (χ1) is 5.92. The number of likely N-dealkylation sites (N-methyl/N-ethyl adjacent to an activating group) is 1. The van der Waals surface area contributed by atoms with E-state index in [-0.39, 0.29) is 0 Å². The Morgan fingerprint density at radius 3 is 2.77 bits per heavy atom. The van der Waals surface area contributed by atoms with E-state index in [1.54, 1.807) is 6.07 Å². The van der Waals surface area contributed by atoms with E-state index in [9.17, 15) is 9.18 Å². The first kappa shape index (κ1) is 9.28. The van der Waals surface area contributed by atoms with Gasteiger partial charge >= 0.3 is 0 Å². The minimum absolute atomic E-state index is 0.521. The van der Waals surface area contributed by atoms with Gasteiger partial charge in [0.05, 0.1) is 0 Å². The molecule has 1 heterocycles. The molecule has 0 bridgehead atoms. The minimum Gasteiger partial charge on any atom is -0.383 e. The number of nitrogens with zero attached hydrogens (tertiary/aromatic N) is 2. The number of amides is 1. The Kier molecular flexibility index (Phi) is 1.86. The number of hydrogen-bond acceptors (Lipinski definition) is 5. The third kappa shape index (κ3) is 1.17. The lowest BCUT2D eigenvalue weighted by atomic mass is 10.2. The van der Waals surface area contributed by atoms with E-state index in [0.29, 0.717) is 0 Å². The lowest BCUT2D eigenvalue weighted by Crippen LogP contribution is -2.68. The van der Waals surface area contributed by atoms with Crippen molar-refractivity contribution < 1.29 is 9.18 Å². The molecule has 0 saturated carbocycles. The molecule has 7 heteroatoms. The van der Waals surface area contributed by atoms with Gasteiger partial charge in [-0.15, -0.1) is 0 Å². The summed E-state index contributed by atoms with van der Waals surface area (Å²) in [5, 5.41) is 10.8. The van der Waals surface area contributed by atoms with E-state index < -0.39 is 23.3 Å². The summed E-state index contributed by atoms with van der Waals surface area (Å²) in [6, 6.07) is 1.60. The lowest BCUT2D eigenvalue weighted by molar-refractivity contribution is -0.133. The molecular weight excluding hydrogens is 177 g/mol. The summed E-state index contributed by atoms with van der Waals surface area (Å²) >= 11 is 0. The van der Waals surface area contributed by atoms with Crippen LogP contribution in [0.15, 0.2) is 11.6 Å². The zero-order valence-electron chi connectivity index (χ0n) is 6.84. The largest absolute Gasteiger partial charge is 0.383 e. The summed E-state index contributed by atoms with van der Waals surface area (Å²) in [7, 11) is 1.20.